The van der Waals surface area contributed by atoms with Gasteiger partial charge in [0.2, 0.25) is 6.29 Å². The number of carbonyl (C=O) groups is 2. The Hall–Kier alpha value is -2.60. The van der Waals surface area contributed by atoms with Crippen LogP contribution in [-0.2, 0) is 11.2 Å². The maximum atomic E-state index is 12.1. The fourth-order valence-electron chi connectivity index (χ4n) is 2.70. The largest absolute Gasteiger partial charge is 0.506 e. The second-order valence-corrected chi connectivity index (χ2v) is 4.68. The Bertz CT molecular complexity index is 765. The minimum Gasteiger partial charge on any atom is -0.506 e. The Morgan fingerprint density at radius 2 is 2.19 bits per heavy atom. The average Bonchev–Trinajstić information content (AvgIpc) is 2.46. The molecule has 0 amide bonds. The number of ether oxygens (including phenoxy) is 2. The Morgan fingerprint density at radius 3 is 2.86 bits per heavy atom. The van der Waals surface area contributed by atoms with E-state index in [9.17, 15) is 19.8 Å². The maximum absolute atomic E-state index is 12.1. The van der Waals surface area contributed by atoms with Gasteiger partial charge < -0.3 is 19.7 Å². The van der Waals surface area contributed by atoms with Gasteiger partial charge >= 0.3 is 5.97 Å². The van der Waals surface area contributed by atoms with Crippen LogP contribution in [0.3, 0.4) is 0 Å². The maximum Gasteiger partial charge on any atom is 0.341 e. The Labute approximate surface area is 119 Å². The molecule has 108 valence electrons. The number of hydrogen-bond donors (Lipinski definition) is 2. The number of aldehydes is 1. The summed E-state index contributed by atoms with van der Waals surface area (Å²) >= 11 is 0. The zero-order valence-electron chi connectivity index (χ0n) is 11.1. The second-order valence-electron chi connectivity index (χ2n) is 4.68. The zero-order chi connectivity index (χ0) is 15.1. The van der Waals surface area contributed by atoms with E-state index in [2.05, 4.69) is 0 Å². The first-order chi connectivity index (χ1) is 10.1. The average molecular weight is 288 g/mol. The van der Waals surface area contributed by atoms with Crippen LogP contribution >= 0.6 is 0 Å². The number of methoxy groups -OCH3 is 1. The number of aliphatic hydroxyl groups excluding tert-OH is 1. The first kappa shape index (κ1) is 13.4. The molecule has 2 N–H and O–H groups in total. The summed E-state index contributed by atoms with van der Waals surface area (Å²) in [6.07, 6.45) is -0.910. The molecule has 0 bridgehead atoms. The van der Waals surface area contributed by atoms with Crippen molar-refractivity contribution in [2.45, 2.75) is 12.7 Å². The predicted octanol–water partition coefficient (Wildman–Crippen LogP) is 1.40. The summed E-state index contributed by atoms with van der Waals surface area (Å²) in [5.74, 6) is -0.655. The van der Waals surface area contributed by atoms with Crippen LogP contribution in [0.4, 0.5) is 0 Å². The highest BCUT2D eigenvalue weighted by atomic mass is 16.6. The molecule has 6 nitrogen and oxygen atoms in total. The van der Waals surface area contributed by atoms with Gasteiger partial charge in [0.1, 0.15) is 11.5 Å². The monoisotopic (exact) mass is 288 g/mol. The van der Waals surface area contributed by atoms with Crippen molar-refractivity contribution in [1.29, 1.82) is 0 Å². The highest BCUT2D eigenvalue weighted by Crippen LogP contribution is 2.41. The standard InChI is InChI=1S/C15H12O6/c1-20-10-4-2-3-7-12-8(5-11(17)21-15(12)19)9(6-16)14(18)13(7)10/h2-4,6,11,17-18H,5H2,1H3. The number of carbonyl (C=O) groups excluding carboxylic acids is 2. The molecule has 0 saturated heterocycles. The highest BCUT2D eigenvalue weighted by molar-refractivity contribution is 6.13. The summed E-state index contributed by atoms with van der Waals surface area (Å²) < 4.78 is 9.99. The molecule has 0 saturated carbocycles. The second kappa shape index (κ2) is 4.75. The van der Waals surface area contributed by atoms with Gasteiger partial charge in [-0.15, -0.1) is 0 Å². The van der Waals surface area contributed by atoms with E-state index < -0.39 is 12.3 Å². The molecule has 1 unspecified atom stereocenters. The number of fused-ring (bicyclic) bond motifs is 3. The Balaban J connectivity index is 2.51. The highest BCUT2D eigenvalue weighted by Gasteiger charge is 2.32. The van der Waals surface area contributed by atoms with Crippen molar-refractivity contribution < 1.29 is 29.3 Å². The number of hydrogen-bond acceptors (Lipinski definition) is 6. The summed E-state index contributed by atoms with van der Waals surface area (Å²) in [6, 6.07) is 4.91. The number of rotatable bonds is 2. The summed E-state index contributed by atoms with van der Waals surface area (Å²) in [5.41, 5.74) is 0.429. The molecule has 1 aliphatic rings. The van der Waals surface area contributed by atoms with E-state index in [1.54, 1.807) is 18.2 Å². The third-order valence-corrected chi connectivity index (χ3v) is 3.58. The lowest BCUT2D eigenvalue weighted by molar-refractivity contribution is -0.0685. The molecule has 0 spiro atoms. The summed E-state index contributed by atoms with van der Waals surface area (Å²) in [5, 5.41) is 20.6. The number of esters is 1. The van der Waals surface area contributed by atoms with Crippen LogP contribution in [-0.4, -0.2) is 35.9 Å². The molecule has 6 heteroatoms. The van der Waals surface area contributed by atoms with Crippen LogP contribution in [0.1, 0.15) is 26.3 Å². The van der Waals surface area contributed by atoms with Crippen molar-refractivity contribution >= 4 is 23.0 Å². The first-order valence-corrected chi connectivity index (χ1v) is 6.27. The van der Waals surface area contributed by atoms with Crippen molar-refractivity contribution in [3.05, 3.63) is 34.9 Å². The molecule has 0 fully saturated rings. The Kier molecular flexibility index (Phi) is 3.03. The topological polar surface area (TPSA) is 93.1 Å². The normalized spacial score (nSPS) is 17.2. The van der Waals surface area contributed by atoms with Crippen LogP contribution in [0.25, 0.3) is 10.8 Å². The number of phenolic OH excluding ortho intramolecular Hbond substituents is 1. The third-order valence-electron chi connectivity index (χ3n) is 3.58. The predicted molar refractivity (Wildman–Crippen MR) is 72.7 cm³/mol. The number of cyclic esters (lactones) is 1. The molecule has 3 rings (SSSR count). The van der Waals surface area contributed by atoms with Crippen molar-refractivity contribution in [2.24, 2.45) is 0 Å². The SMILES string of the molecule is COc1cccc2c3c(c(C=O)c(O)c12)CC(O)OC3=O. The van der Waals surface area contributed by atoms with Gasteiger partial charge in [0.25, 0.3) is 0 Å². The number of aliphatic hydroxyl groups is 1. The van der Waals surface area contributed by atoms with Gasteiger partial charge in [-0.3, -0.25) is 4.79 Å². The third kappa shape index (κ3) is 1.84. The van der Waals surface area contributed by atoms with Crippen molar-refractivity contribution in [2.75, 3.05) is 7.11 Å². The summed E-state index contributed by atoms with van der Waals surface area (Å²) in [4.78, 5) is 23.4. The van der Waals surface area contributed by atoms with Crippen LogP contribution < -0.4 is 4.74 Å². The smallest absolute Gasteiger partial charge is 0.341 e. The molecule has 1 atom stereocenters. The summed E-state index contributed by atoms with van der Waals surface area (Å²) in [7, 11) is 1.43. The van der Waals surface area contributed by atoms with Crippen LogP contribution in [0.15, 0.2) is 18.2 Å². The lowest BCUT2D eigenvalue weighted by Gasteiger charge is -2.24. The van der Waals surface area contributed by atoms with E-state index in [1.165, 1.54) is 7.11 Å². The molecule has 0 aromatic heterocycles. The van der Waals surface area contributed by atoms with Gasteiger partial charge in [-0.25, -0.2) is 4.79 Å². The van der Waals surface area contributed by atoms with Gasteiger partial charge in [-0.1, -0.05) is 12.1 Å². The molecule has 0 radical (unpaired) electrons. The van der Waals surface area contributed by atoms with Crippen LogP contribution in [0.5, 0.6) is 11.5 Å². The van der Waals surface area contributed by atoms with Crippen LogP contribution in [0.2, 0.25) is 0 Å². The van der Waals surface area contributed by atoms with E-state index >= 15 is 0 Å². The molecule has 2 aromatic rings. The van der Waals surface area contributed by atoms with E-state index in [0.29, 0.717) is 17.4 Å². The van der Waals surface area contributed by atoms with Gasteiger partial charge in [-0.2, -0.15) is 0 Å². The number of benzene rings is 2. The van der Waals surface area contributed by atoms with Gasteiger partial charge in [0.05, 0.1) is 23.6 Å². The van der Waals surface area contributed by atoms with Crippen molar-refractivity contribution in [3.63, 3.8) is 0 Å². The minimum atomic E-state index is -1.33. The zero-order valence-corrected chi connectivity index (χ0v) is 11.1. The lowest BCUT2D eigenvalue weighted by Crippen LogP contribution is -2.28. The first-order valence-electron chi connectivity index (χ1n) is 6.27. The summed E-state index contributed by atoms with van der Waals surface area (Å²) in [6.45, 7) is 0. The number of aromatic hydroxyl groups is 1. The fraction of sp³-hybridized carbons (Fsp3) is 0.200. The van der Waals surface area contributed by atoms with Gasteiger partial charge in [0, 0.05) is 11.8 Å². The lowest BCUT2D eigenvalue weighted by atomic mass is 9.89. The van der Waals surface area contributed by atoms with Gasteiger partial charge in [0.15, 0.2) is 6.29 Å². The molecular weight excluding hydrogens is 276 g/mol. The van der Waals surface area contributed by atoms with Crippen LogP contribution in [0, 0.1) is 0 Å². The molecule has 1 aliphatic heterocycles. The quantitative estimate of drug-likeness (QED) is 0.641. The molecule has 21 heavy (non-hydrogen) atoms. The van der Waals surface area contributed by atoms with Crippen molar-refractivity contribution in [3.8, 4) is 11.5 Å². The van der Waals surface area contributed by atoms with Crippen molar-refractivity contribution in [1.82, 2.24) is 0 Å². The van der Waals surface area contributed by atoms with E-state index in [4.69, 9.17) is 9.47 Å². The van der Waals surface area contributed by atoms with Gasteiger partial charge in [-0.05, 0) is 11.6 Å². The van der Waals surface area contributed by atoms with E-state index in [0.717, 1.165) is 0 Å². The fourth-order valence-corrected chi connectivity index (χ4v) is 2.70. The molecule has 0 aliphatic carbocycles. The Morgan fingerprint density at radius 1 is 1.43 bits per heavy atom. The molecule has 1 heterocycles. The van der Waals surface area contributed by atoms with E-state index in [1.807, 2.05) is 0 Å². The minimum absolute atomic E-state index is 0.0299. The van der Waals surface area contributed by atoms with E-state index in [-0.39, 0.29) is 34.2 Å². The molecular formula is C15H12O6. The number of phenols is 1. The molecule has 2 aromatic carbocycles.